The molecule has 0 saturated heterocycles. The summed E-state index contributed by atoms with van der Waals surface area (Å²) in [5.74, 6) is -1.59. The Kier molecular flexibility index (Phi) is 57.2. The van der Waals surface area contributed by atoms with Crippen LogP contribution >= 0.6 is 15.6 Å². The lowest BCUT2D eigenvalue weighted by Crippen LogP contribution is -2.30. The van der Waals surface area contributed by atoms with Gasteiger partial charge >= 0.3 is 33.6 Å². The number of carbonyl (C=O) groups excluding carboxylic acids is 3. The van der Waals surface area contributed by atoms with Crippen LogP contribution in [0.25, 0.3) is 0 Å². The molecule has 4 N–H and O–H groups in total. The summed E-state index contributed by atoms with van der Waals surface area (Å²) in [4.78, 5) is 58.2. The van der Waals surface area contributed by atoms with E-state index in [-0.39, 0.29) is 19.3 Å². The molecule has 0 radical (unpaired) electrons. The van der Waals surface area contributed by atoms with E-state index in [4.69, 9.17) is 32.3 Å². The molecule has 0 amide bonds. The number of hydrogen-bond acceptors (Lipinski definition) is 14. The Hall–Kier alpha value is -3.01. The summed E-state index contributed by atoms with van der Waals surface area (Å²) in [5.41, 5.74) is 0. The highest BCUT2D eigenvalue weighted by molar-refractivity contribution is 7.47. The fraction of sp³-hybridized carbons (Fsp3) is 0.769. The molecule has 0 heterocycles. The van der Waals surface area contributed by atoms with Crippen molar-refractivity contribution in [1.29, 1.82) is 0 Å². The van der Waals surface area contributed by atoms with Crippen molar-refractivity contribution in [2.75, 3.05) is 39.6 Å². The normalized spacial score (nSPS) is 14.8. The molecule has 0 bridgehead atoms. The second-order valence-corrected chi connectivity index (χ2v) is 24.4. The Morgan fingerprint density at radius 3 is 1.04 bits per heavy atom. The number of esters is 3. The predicted octanol–water partition coefficient (Wildman–Crippen LogP) is 17.2. The third-order valence-corrected chi connectivity index (χ3v) is 15.3. The van der Waals surface area contributed by atoms with Gasteiger partial charge in [-0.05, 0) is 89.9 Å². The highest BCUT2D eigenvalue weighted by Crippen LogP contribution is 2.45. The van der Waals surface area contributed by atoms with Gasteiger partial charge in [0.2, 0.25) is 0 Å². The van der Waals surface area contributed by atoms with Crippen molar-refractivity contribution >= 4 is 33.6 Å². The van der Waals surface area contributed by atoms with Crippen LogP contribution in [-0.2, 0) is 55.8 Å². The molecule has 18 heteroatoms. The van der Waals surface area contributed by atoms with Crippen LogP contribution in [0.3, 0.4) is 0 Å². The zero-order valence-corrected chi connectivity index (χ0v) is 53.6. The van der Waals surface area contributed by atoms with Crippen molar-refractivity contribution in [2.45, 2.75) is 283 Å². The van der Waals surface area contributed by atoms with Crippen LogP contribution in [-0.4, -0.2) is 95.9 Å². The van der Waals surface area contributed by atoms with Crippen molar-refractivity contribution < 1.29 is 75.8 Å². The van der Waals surface area contributed by atoms with Crippen molar-refractivity contribution in [1.82, 2.24) is 0 Å². The molecule has 0 aromatic heterocycles. The zero-order chi connectivity index (χ0) is 61.0. The van der Waals surface area contributed by atoms with E-state index < -0.39 is 91.5 Å². The monoisotopic (exact) mass is 1210 g/mol. The Morgan fingerprint density at radius 2 is 0.639 bits per heavy atom. The average Bonchev–Trinajstić information content (AvgIpc) is 3.47. The van der Waals surface area contributed by atoms with E-state index in [2.05, 4.69) is 93.7 Å². The average molecular weight is 1220 g/mol. The maximum atomic E-state index is 12.8. The summed E-state index contributed by atoms with van der Waals surface area (Å²) in [6, 6.07) is 0. The molecule has 0 aliphatic carbocycles. The van der Waals surface area contributed by atoms with Crippen LogP contribution in [0.1, 0.15) is 265 Å². The third-order valence-electron chi connectivity index (χ3n) is 13.4. The standard InChI is InChI=1S/C65H116O16P2/c1-4-7-10-13-16-19-22-24-26-28-29-31-33-34-37-39-42-45-48-51-63(68)75-54-60(66)55-77-82(71,72)78-56-61(67)57-79-83(73,74)80-59-62(81-65(70)53-50-47-44-41-36-21-18-15-12-9-6-3)58-76-64(69)52-49-46-43-40-38-35-32-30-27-25-23-20-17-14-11-8-5-2/h8,11,16-17,19-20,24-27,29,31,60-62,66-67H,4-7,9-10,12-15,18,21-23,28,30,32-59H2,1-3H3,(H,71,72)(H,73,74)/b11-8-,19-16-,20-17-,26-24-,27-25-,31-29-. The number of unbranched alkanes of at least 4 members (excludes halogenated alkanes) is 26. The SMILES string of the molecule is CC/C=C\C/C=C\C/C=C\CCCCCCCCCC(=O)OCC(COP(=O)(O)OCC(O)COP(=O)(O)OCC(O)COC(=O)CCCCCCCC/C=C\C/C=C\C/C=C\CCCCC)OC(=O)CCCCCCCCCCCCC. The van der Waals surface area contributed by atoms with Gasteiger partial charge in [-0.2, -0.15) is 0 Å². The number of aliphatic hydroxyl groups excluding tert-OH is 2. The molecule has 0 rings (SSSR count). The number of phosphoric ester groups is 2. The first-order chi connectivity index (χ1) is 40.2. The molecule has 482 valence electrons. The van der Waals surface area contributed by atoms with Crippen LogP contribution < -0.4 is 0 Å². The fourth-order valence-electron chi connectivity index (χ4n) is 8.47. The number of carbonyl (C=O) groups is 3. The van der Waals surface area contributed by atoms with E-state index in [1.165, 1.54) is 64.2 Å². The van der Waals surface area contributed by atoms with Gasteiger partial charge in [0, 0.05) is 19.3 Å². The first-order valence-electron chi connectivity index (χ1n) is 32.2. The van der Waals surface area contributed by atoms with Crippen LogP contribution in [0.15, 0.2) is 72.9 Å². The van der Waals surface area contributed by atoms with Gasteiger partial charge in [0.15, 0.2) is 6.10 Å². The van der Waals surface area contributed by atoms with E-state index in [0.29, 0.717) is 19.3 Å². The van der Waals surface area contributed by atoms with Crippen molar-refractivity contribution in [3.8, 4) is 0 Å². The topological polar surface area (TPSA) is 231 Å². The van der Waals surface area contributed by atoms with Crippen molar-refractivity contribution in [3.63, 3.8) is 0 Å². The van der Waals surface area contributed by atoms with E-state index >= 15 is 0 Å². The van der Waals surface area contributed by atoms with Crippen LogP contribution in [0.5, 0.6) is 0 Å². The maximum Gasteiger partial charge on any atom is 0.472 e. The quantitative estimate of drug-likeness (QED) is 0.0146. The summed E-state index contributed by atoms with van der Waals surface area (Å²) < 4.78 is 60.7. The molecular formula is C65H116O16P2. The summed E-state index contributed by atoms with van der Waals surface area (Å²) >= 11 is 0. The smallest absolute Gasteiger partial charge is 0.463 e. The second-order valence-electron chi connectivity index (χ2n) is 21.5. The van der Waals surface area contributed by atoms with Crippen molar-refractivity contribution in [2.24, 2.45) is 0 Å². The van der Waals surface area contributed by atoms with Gasteiger partial charge < -0.3 is 34.2 Å². The first-order valence-corrected chi connectivity index (χ1v) is 35.2. The molecule has 0 aliphatic rings. The predicted molar refractivity (Wildman–Crippen MR) is 335 cm³/mol. The third kappa shape index (κ3) is 60.5. The van der Waals surface area contributed by atoms with E-state index in [9.17, 15) is 43.5 Å². The van der Waals surface area contributed by atoms with E-state index in [1.807, 2.05) is 0 Å². The van der Waals surface area contributed by atoms with Gasteiger partial charge in [-0.3, -0.25) is 32.5 Å². The molecule has 83 heavy (non-hydrogen) atoms. The first kappa shape index (κ1) is 80.0. The molecule has 16 nitrogen and oxygen atoms in total. The minimum Gasteiger partial charge on any atom is -0.463 e. The molecule has 5 unspecified atom stereocenters. The summed E-state index contributed by atoms with van der Waals surface area (Å²) in [7, 11) is -9.76. The summed E-state index contributed by atoms with van der Waals surface area (Å²) in [6.45, 7) is 2.50. The lowest BCUT2D eigenvalue weighted by atomic mass is 10.1. The fourth-order valence-corrected chi connectivity index (χ4v) is 10.1. The lowest BCUT2D eigenvalue weighted by molar-refractivity contribution is -0.161. The number of allylic oxidation sites excluding steroid dienone is 12. The highest BCUT2D eigenvalue weighted by Gasteiger charge is 2.29. The Morgan fingerprint density at radius 1 is 0.349 bits per heavy atom. The second kappa shape index (κ2) is 59.3. The summed E-state index contributed by atoms with van der Waals surface area (Å²) in [6.07, 6.45) is 59.6. The molecule has 0 aliphatic heterocycles. The number of ether oxygens (including phenoxy) is 3. The minimum absolute atomic E-state index is 0.105. The highest BCUT2D eigenvalue weighted by atomic mass is 31.2. The number of rotatable bonds is 61. The maximum absolute atomic E-state index is 12.8. The number of aliphatic hydroxyl groups is 2. The van der Waals surface area contributed by atoms with Gasteiger partial charge in [0.1, 0.15) is 25.4 Å². The number of hydrogen-bond donors (Lipinski definition) is 4. The molecule has 5 atom stereocenters. The Bertz CT molecular complexity index is 1820. The summed E-state index contributed by atoms with van der Waals surface area (Å²) in [5, 5.41) is 20.5. The zero-order valence-electron chi connectivity index (χ0n) is 51.9. The molecule has 0 aromatic carbocycles. The largest absolute Gasteiger partial charge is 0.472 e. The van der Waals surface area contributed by atoms with Crippen molar-refractivity contribution in [3.05, 3.63) is 72.9 Å². The molecular weight excluding hydrogens is 1100 g/mol. The van der Waals surface area contributed by atoms with Crippen LogP contribution in [0.4, 0.5) is 0 Å². The number of phosphoric acid groups is 2. The van der Waals surface area contributed by atoms with E-state index in [1.54, 1.807) is 0 Å². The Balaban J connectivity index is 4.61. The minimum atomic E-state index is -4.92. The van der Waals surface area contributed by atoms with Crippen LogP contribution in [0.2, 0.25) is 0 Å². The van der Waals surface area contributed by atoms with Gasteiger partial charge in [-0.25, -0.2) is 9.13 Å². The van der Waals surface area contributed by atoms with Gasteiger partial charge in [-0.15, -0.1) is 0 Å². The molecule has 0 spiro atoms. The van der Waals surface area contributed by atoms with Crippen LogP contribution in [0, 0.1) is 0 Å². The molecule has 0 fully saturated rings. The Labute approximate surface area is 503 Å². The lowest BCUT2D eigenvalue weighted by Gasteiger charge is -2.21. The van der Waals surface area contributed by atoms with Gasteiger partial charge in [-0.1, -0.05) is 229 Å². The molecule has 0 saturated carbocycles. The van der Waals surface area contributed by atoms with Gasteiger partial charge in [0.25, 0.3) is 0 Å². The molecule has 0 aromatic rings. The van der Waals surface area contributed by atoms with Gasteiger partial charge in [0.05, 0.1) is 26.4 Å². The van der Waals surface area contributed by atoms with E-state index in [0.717, 1.165) is 141 Å².